The summed E-state index contributed by atoms with van der Waals surface area (Å²) in [6.45, 7) is 8.84. The molecule has 5 heteroatoms. The SMILES string of the molecule is CC(C)CNC(=O)C1(C(=O)N2CCN(Cc3ccccc3)CC2)CC1. The summed E-state index contributed by atoms with van der Waals surface area (Å²) in [5, 5.41) is 2.95. The third-order valence-corrected chi connectivity index (χ3v) is 5.17. The Balaban J connectivity index is 1.50. The van der Waals surface area contributed by atoms with Crippen molar-refractivity contribution in [2.24, 2.45) is 11.3 Å². The number of hydrogen-bond donors (Lipinski definition) is 1. The largest absolute Gasteiger partial charge is 0.355 e. The van der Waals surface area contributed by atoms with Crippen LogP contribution in [0.2, 0.25) is 0 Å². The first kappa shape index (κ1) is 17.9. The van der Waals surface area contributed by atoms with Crippen LogP contribution in [-0.4, -0.2) is 54.3 Å². The van der Waals surface area contributed by atoms with Crippen LogP contribution in [0.15, 0.2) is 30.3 Å². The molecule has 1 heterocycles. The molecule has 1 aliphatic carbocycles. The van der Waals surface area contributed by atoms with E-state index in [2.05, 4.69) is 48.3 Å². The highest BCUT2D eigenvalue weighted by molar-refractivity contribution is 6.07. The standard InChI is InChI=1S/C20H29N3O2/c1-16(2)14-21-18(24)20(8-9-20)19(25)23-12-10-22(11-13-23)15-17-6-4-3-5-7-17/h3-7,16H,8-15H2,1-2H3,(H,21,24). The minimum Gasteiger partial charge on any atom is -0.355 e. The van der Waals surface area contributed by atoms with E-state index < -0.39 is 5.41 Å². The van der Waals surface area contributed by atoms with Crippen molar-refractivity contribution in [3.63, 3.8) is 0 Å². The van der Waals surface area contributed by atoms with Gasteiger partial charge < -0.3 is 10.2 Å². The van der Waals surface area contributed by atoms with E-state index in [4.69, 9.17) is 0 Å². The number of rotatable bonds is 6. The minimum atomic E-state index is -0.767. The highest BCUT2D eigenvalue weighted by Gasteiger charge is 2.58. The van der Waals surface area contributed by atoms with Gasteiger partial charge in [0.05, 0.1) is 0 Å². The molecule has 5 nitrogen and oxygen atoms in total. The summed E-state index contributed by atoms with van der Waals surface area (Å²) < 4.78 is 0. The Morgan fingerprint density at radius 1 is 1.08 bits per heavy atom. The van der Waals surface area contributed by atoms with Gasteiger partial charge in [-0.3, -0.25) is 14.5 Å². The number of carbonyl (C=O) groups excluding carboxylic acids is 2. The summed E-state index contributed by atoms with van der Waals surface area (Å²) >= 11 is 0. The summed E-state index contributed by atoms with van der Waals surface area (Å²) in [7, 11) is 0. The lowest BCUT2D eigenvalue weighted by molar-refractivity contribution is -0.145. The zero-order valence-corrected chi connectivity index (χ0v) is 15.3. The van der Waals surface area contributed by atoms with Gasteiger partial charge in [-0.25, -0.2) is 0 Å². The fourth-order valence-electron chi connectivity index (χ4n) is 3.38. The van der Waals surface area contributed by atoms with Gasteiger partial charge in [0.15, 0.2) is 0 Å². The van der Waals surface area contributed by atoms with Crippen molar-refractivity contribution in [2.75, 3.05) is 32.7 Å². The predicted octanol–water partition coefficient (Wildman–Crippen LogP) is 1.88. The van der Waals surface area contributed by atoms with E-state index in [0.717, 1.165) is 19.6 Å². The summed E-state index contributed by atoms with van der Waals surface area (Å²) in [6, 6.07) is 10.4. The maximum Gasteiger partial charge on any atom is 0.238 e. The van der Waals surface area contributed by atoms with Crippen LogP contribution in [0.5, 0.6) is 0 Å². The first-order chi connectivity index (χ1) is 12.0. The molecule has 0 unspecified atom stereocenters. The van der Waals surface area contributed by atoms with Crippen LogP contribution < -0.4 is 5.32 Å². The molecule has 25 heavy (non-hydrogen) atoms. The highest BCUT2D eigenvalue weighted by Crippen LogP contribution is 2.47. The molecule has 1 saturated carbocycles. The number of nitrogens with zero attached hydrogens (tertiary/aromatic N) is 2. The number of benzene rings is 1. The van der Waals surface area contributed by atoms with Gasteiger partial charge in [0.2, 0.25) is 11.8 Å². The predicted molar refractivity (Wildman–Crippen MR) is 97.8 cm³/mol. The van der Waals surface area contributed by atoms with E-state index >= 15 is 0 Å². The van der Waals surface area contributed by atoms with Gasteiger partial charge in [-0.05, 0) is 24.3 Å². The Morgan fingerprint density at radius 2 is 1.72 bits per heavy atom. The Labute approximate surface area is 150 Å². The van der Waals surface area contributed by atoms with Crippen molar-refractivity contribution in [1.82, 2.24) is 15.1 Å². The van der Waals surface area contributed by atoms with Gasteiger partial charge in [0.25, 0.3) is 0 Å². The molecule has 136 valence electrons. The number of piperazine rings is 1. The third-order valence-electron chi connectivity index (χ3n) is 5.17. The molecular weight excluding hydrogens is 314 g/mol. The Hall–Kier alpha value is -1.88. The van der Waals surface area contributed by atoms with E-state index in [9.17, 15) is 9.59 Å². The van der Waals surface area contributed by atoms with Crippen LogP contribution in [0.3, 0.4) is 0 Å². The van der Waals surface area contributed by atoms with Crippen LogP contribution in [0.4, 0.5) is 0 Å². The topological polar surface area (TPSA) is 52.7 Å². The average molecular weight is 343 g/mol. The summed E-state index contributed by atoms with van der Waals surface area (Å²) in [6.07, 6.45) is 1.39. The normalized spacial score (nSPS) is 19.7. The second-order valence-electron chi connectivity index (χ2n) is 7.74. The zero-order chi connectivity index (χ0) is 17.9. The average Bonchev–Trinajstić information content (AvgIpc) is 3.42. The highest BCUT2D eigenvalue weighted by atomic mass is 16.2. The van der Waals surface area contributed by atoms with Gasteiger partial charge in [-0.1, -0.05) is 44.2 Å². The molecule has 2 fully saturated rings. The molecule has 1 aromatic carbocycles. The maximum absolute atomic E-state index is 12.9. The molecular formula is C20H29N3O2. The van der Waals surface area contributed by atoms with Crippen molar-refractivity contribution in [2.45, 2.75) is 33.2 Å². The molecule has 0 bridgehead atoms. The summed E-state index contributed by atoms with van der Waals surface area (Å²) in [5.74, 6) is 0.363. The molecule has 0 radical (unpaired) electrons. The first-order valence-corrected chi connectivity index (χ1v) is 9.35. The van der Waals surface area contributed by atoms with Crippen molar-refractivity contribution >= 4 is 11.8 Å². The first-order valence-electron chi connectivity index (χ1n) is 9.35. The number of amides is 2. The lowest BCUT2D eigenvalue weighted by Gasteiger charge is -2.36. The second kappa shape index (κ2) is 7.56. The van der Waals surface area contributed by atoms with Crippen LogP contribution in [-0.2, 0) is 16.1 Å². The van der Waals surface area contributed by atoms with Gasteiger partial charge in [-0.15, -0.1) is 0 Å². The summed E-state index contributed by atoms with van der Waals surface area (Å²) in [5.41, 5.74) is 0.533. The smallest absolute Gasteiger partial charge is 0.238 e. The van der Waals surface area contributed by atoms with Crippen molar-refractivity contribution < 1.29 is 9.59 Å². The molecule has 2 amide bonds. The molecule has 0 atom stereocenters. The Morgan fingerprint density at radius 3 is 2.28 bits per heavy atom. The maximum atomic E-state index is 12.9. The molecule has 1 aromatic rings. The molecule has 0 aromatic heterocycles. The van der Waals surface area contributed by atoms with E-state index in [-0.39, 0.29) is 11.8 Å². The minimum absolute atomic E-state index is 0.0353. The quantitative estimate of drug-likeness (QED) is 0.803. The van der Waals surface area contributed by atoms with Crippen molar-refractivity contribution in [3.8, 4) is 0 Å². The van der Waals surface area contributed by atoms with Gasteiger partial charge >= 0.3 is 0 Å². The van der Waals surface area contributed by atoms with Crippen molar-refractivity contribution in [1.29, 1.82) is 0 Å². The van der Waals surface area contributed by atoms with E-state index in [1.807, 2.05) is 11.0 Å². The van der Waals surface area contributed by atoms with E-state index in [0.29, 0.717) is 38.4 Å². The zero-order valence-electron chi connectivity index (χ0n) is 15.3. The lowest BCUT2D eigenvalue weighted by atomic mass is 10.0. The number of hydrogen-bond acceptors (Lipinski definition) is 3. The summed E-state index contributed by atoms with van der Waals surface area (Å²) in [4.78, 5) is 29.6. The van der Waals surface area contributed by atoms with E-state index in [1.165, 1.54) is 5.56 Å². The molecule has 1 N–H and O–H groups in total. The van der Waals surface area contributed by atoms with Crippen molar-refractivity contribution in [3.05, 3.63) is 35.9 Å². The van der Waals surface area contributed by atoms with E-state index in [1.54, 1.807) is 0 Å². The molecule has 1 aliphatic heterocycles. The monoisotopic (exact) mass is 343 g/mol. The molecule has 1 saturated heterocycles. The van der Waals surface area contributed by atoms with Gasteiger partial charge in [0, 0.05) is 39.3 Å². The third kappa shape index (κ3) is 4.21. The van der Waals surface area contributed by atoms with Crippen LogP contribution >= 0.6 is 0 Å². The van der Waals surface area contributed by atoms with Crippen LogP contribution in [0, 0.1) is 11.3 Å². The van der Waals surface area contributed by atoms with Gasteiger partial charge in [-0.2, -0.15) is 0 Å². The second-order valence-corrected chi connectivity index (χ2v) is 7.74. The number of carbonyl (C=O) groups is 2. The Kier molecular flexibility index (Phi) is 5.42. The lowest BCUT2D eigenvalue weighted by Crippen LogP contribution is -2.53. The molecule has 3 rings (SSSR count). The van der Waals surface area contributed by atoms with Crippen LogP contribution in [0.25, 0.3) is 0 Å². The van der Waals surface area contributed by atoms with Crippen LogP contribution in [0.1, 0.15) is 32.3 Å². The number of nitrogens with one attached hydrogen (secondary N) is 1. The van der Waals surface area contributed by atoms with Gasteiger partial charge in [0.1, 0.15) is 5.41 Å². The molecule has 2 aliphatic rings. The molecule has 0 spiro atoms. The fourth-order valence-corrected chi connectivity index (χ4v) is 3.38. The fraction of sp³-hybridized carbons (Fsp3) is 0.600. The Bertz CT molecular complexity index is 603.